The SMILES string of the molecule is [2H][13CH]([2H])[13C@H]([2H])[13C@@]([2H])([13CH2][13C](=O)OC(C)(C)C)C([2H])([2H])[2H]. The summed E-state index contributed by atoms with van der Waals surface area (Å²) >= 11 is 0. The van der Waals surface area contributed by atoms with Crippen molar-refractivity contribution in [3.05, 3.63) is 0 Å². The molecule has 0 aliphatic carbocycles. The van der Waals surface area contributed by atoms with E-state index < -0.39 is 44.0 Å². The van der Waals surface area contributed by atoms with Crippen molar-refractivity contribution in [2.24, 2.45) is 5.89 Å². The lowest BCUT2D eigenvalue weighted by Gasteiger charge is -2.20. The van der Waals surface area contributed by atoms with Gasteiger partial charge in [-0.25, -0.2) is 0 Å². The Hall–Kier alpha value is -0.530. The van der Waals surface area contributed by atoms with Crippen LogP contribution in [0.1, 0.15) is 56.9 Å². The fourth-order valence-corrected chi connectivity index (χ4v) is 0.592. The van der Waals surface area contributed by atoms with Gasteiger partial charge in [0.15, 0.2) is 0 Å². The van der Waals surface area contributed by atoms with Crippen LogP contribution >= 0.6 is 0 Å². The standard InChI is InChI=1S/C10H20O2/c1-6-8(2)7-9(11)12-10(3,4)5/h8H,6-7H2,1-5H3/t8-/m0/s1/i1+1D2,2D3,6+1D,7+1,8+1D,9+1/t6-,8-. The van der Waals surface area contributed by atoms with Crippen molar-refractivity contribution in [1.29, 1.82) is 0 Å². The lowest BCUT2D eigenvalue weighted by atomic mass is 10.2. The molecule has 0 unspecified atom stereocenters. The van der Waals surface area contributed by atoms with E-state index in [9.17, 15) is 4.79 Å². The quantitative estimate of drug-likeness (QED) is 0.498. The predicted octanol–water partition coefficient (Wildman–Crippen LogP) is 2.76. The molecule has 72 valence electrons. The van der Waals surface area contributed by atoms with E-state index in [1.54, 1.807) is 20.8 Å². The maximum absolute atomic E-state index is 11.7. The van der Waals surface area contributed by atoms with Crippen LogP contribution in [0.25, 0.3) is 0 Å². The molecule has 0 aliphatic heterocycles. The van der Waals surface area contributed by atoms with Gasteiger partial charge in [0.1, 0.15) is 5.60 Å². The molecule has 2 atom stereocenters. The number of ether oxygens (including phenoxy) is 1. The van der Waals surface area contributed by atoms with Gasteiger partial charge in [-0.15, -0.1) is 0 Å². The molecule has 0 saturated carbocycles. The summed E-state index contributed by atoms with van der Waals surface area (Å²) in [6.07, 6.45) is -2.70. The molecule has 0 saturated heterocycles. The molecule has 0 N–H and O–H groups in total. The minimum atomic E-state index is -2.95. The Kier molecular flexibility index (Phi) is 1.54. The van der Waals surface area contributed by atoms with E-state index in [2.05, 4.69) is 0 Å². The first kappa shape index (κ1) is 4.12. The second-order valence-electron chi connectivity index (χ2n) is 3.46. The highest BCUT2D eigenvalue weighted by molar-refractivity contribution is 5.70. The van der Waals surface area contributed by atoms with Crippen LogP contribution in [0.3, 0.4) is 0 Å². The van der Waals surface area contributed by atoms with Crippen molar-refractivity contribution in [2.75, 3.05) is 0 Å². The smallest absolute Gasteiger partial charge is 0.306 e. The van der Waals surface area contributed by atoms with Gasteiger partial charge in [0.05, 0.1) is 0 Å². The summed E-state index contributed by atoms with van der Waals surface area (Å²) in [4.78, 5) is 11.7. The first-order chi connectivity index (χ1) is 8.21. The van der Waals surface area contributed by atoms with Gasteiger partial charge in [0.25, 0.3) is 0 Å². The van der Waals surface area contributed by atoms with Crippen LogP contribution in [0.2, 0.25) is 0 Å². The molecule has 0 radical (unpaired) electrons. The van der Waals surface area contributed by atoms with Gasteiger partial charge in [-0.1, -0.05) is 20.1 Å². The summed E-state index contributed by atoms with van der Waals surface area (Å²) in [6, 6.07) is 0. The molecule has 2 nitrogen and oxygen atoms in total. The average molecular weight is 184 g/mol. The fraction of sp³-hybridized carbons (Fsp3) is 0.900. The van der Waals surface area contributed by atoms with Crippen molar-refractivity contribution < 1.29 is 19.1 Å². The monoisotopic (exact) mass is 184 g/mol. The fourth-order valence-electron chi connectivity index (χ4n) is 0.592. The zero-order valence-corrected chi connectivity index (χ0v) is 7.68. The highest BCUT2D eigenvalue weighted by atomic mass is 16.6. The molecule has 12 heavy (non-hydrogen) atoms. The summed E-state index contributed by atoms with van der Waals surface area (Å²) in [6.45, 7) is 0.0163. The molecular weight excluding hydrogens is 157 g/mol. The van der Waals surface area contributed by atoms with Crippen LogP contribution in [0.5, 0.6) is 0 Å². The molecule has 0 amide bonds. The molecule has 0 heterocycles. The van der Waals surface area contributed by atoms with Gasteiger partial charge in [-0.2, -0.15) is 0 Å². The Morgan fingerprint density at radius 3 is 2.83 bits per heavy atom. The third kappa shape index (κ3) is 6.20. The molecule has 0 rings (SSSR count). The third-order valence-electron chi connectivity index (χ3n) is 0.956. The average Bonchev–Trinajstić information content (AvgIpc) is 2.10. The zero-order chi connectivity index (χ0) is 15.6. The van der Waals surface area contributed by atoms with Gasteiger partial charge in [0, 0.05) is 16.0 Å². The summed E-state index contributed by atoms with van der Waals surface area (Å²) in [5.41, 5.74) is -0.828. The van der Waals surface area contributed by atoms with Crippen LogP contribution in [-0.4, -0.2) is 11.6 Å². The summed E-state index contributed by atoms with van der Waals surface area (Å²) in [5.74, 6) is -3.44. The largest absolute Gasteiger partial charge is 0.460 e. The third-order valence-corrected chi connectivity index (χ3v) is 0.956. The van der Waals surface area contributed by atoms with Gasteiger partial charge in [0.2, 0.25) is 0 Å². The lowest BCUT2D eigenvalue weighted by Crippen LogP contribution is -2.24. The second kappa shape index (κ2) is 4.48. The van der Waals surface area contributed by atoms with Gasteiger partial charge in [-0.05, 0) is 26.7 Å². The molecule has 0 aromatic heterocycles. The first-order valence-corrected chi connectivity index (χ1v) is 3.69. The van der Waals surface area contributed by atoms with Crippen LogP contribution in [0.4, 0.5) is 0 Å². The van der Waals surface area contributed by atoms with Crippen LogP contribution in [-0.2, 0) is 9.53 Å². The van der Waals surface area contributed by atoms with E-state index in [0.717, 1.165) is 0 Å². The second-order valence-corrected chi connectivity index (χ2v) is 3.46. The number of esters is 1. The van der Waals surface area contributed by atoms with E-state index in [1.807, 2.05) is 0 Å². The Morgan fingerprint density at radius 2 is 2.42 bits per heavy atom. The molecule has 0 fully saturated rings. The summed E-state index contributed by atoms with van der Waals surface area (Å²) in [5, 5.41) is 0. The lowest BCUT2D eigenvalue weighted by molar-refractivity contribution is -0.155. The van der Waals surface area contributed by atoms with E-state index in [1.165, 1.54) is 0 Å². The Balaban J connectivity index is 5.16. The summed E-state index contributed by atoms with van der Waals surface area (Å²) in [7, 11) is 0. The minimum absolute atomic E-state index is 0.828. The van der Waals surface area contributed by atoms with Crippen LogP contribution < -0.4 is 0 Å². The van der Waals surface area contributed by atoms with Gasteiger partial charge < -0.3 is 4.74 Å². The molecular formula is C10H20O2. The van der Waals surface area contributed by atoms with Crippen LogP contribution in [0.15, 0.2) is 0 Å². The minimum Gasteiger partial charge on any atom is -0.460 e. The number of hydrogen-bond donors (Lipinski definition) is 0. The topological polar surface area (TPSA) is 26.3 Å². The molecule has 0 spiro atoms. The van der Waals surface area contributed by atoms with E-state index in [-0.39, 0.29) is 0 Å². The Morgan fingerprint density at radius 1 is 1.75 bits per heavy atom. The Bertz CT molecular complexity index is 321. The molecule has 0 bridgehead atoms. The van der Waals surface area contributed by atoms with Crippen molar-refractivity contribution in [3.8, 4) is 0 Å². The maximum Gasteiger partial charge on any atom is 0.306 e. The highest BCUT2D eigenvalue weighted by Gasteiger charge is 2.17. The highest BCUT2D eigenvalue weighted by Crippen LogP contribution is 2.13. The van der Waals surface area contributed by atoms with Crippen molar-refractivity contribution in [2.45, 2.75) is 52.9 Å². The Labute approximate surface area is 85.1 Å². The molecule has 0 aliphatic rings. The molecule has 0 aromatic carbocycles. The van der Waals surface area contributed by atoms with E-state index >= 15 is 0 Å². The zero-order valence-electron chi connectivity index (χ0n) is 14.7. The normalized spacial score (nSPS) is 29.2. The predicted molar refractivity (Wildman–Crippen MR) is 49.9 cm³/mol. The number of carbonyl (C=O) groups is 1. The van der Waals surface area contributed by atoms with Crippen LogP contribution in [0, 0.1) is 5.89 Å². The van der Waals surface area contributed by atoms with E-state index in [0.29, 0.717) is 0 Å². The molecule has 2 heteroatoms. The van der Waals surface area contributed by atoms with Crippen molar-refractivity contribution in [1.82, 2.24) is 0 Å². The van der Waals surface area contributed by atoms with Crippen molar-refractivity contribution >= 4 is 5.97 Å². The van der Waals surface area contributed by atoms with Crippen molar-refractivity contribution in [3.63, 3.8) is 0 Å². The molecule has 0 aromatic rings. The summed E-state index contributed by atoms with van der Waals surface area (Å²) < 4.78 is 56.4. The maximum atomic E-state index is 11.7. The first-order valence-electron chi connectivity index (χ1n) is 7.42. The number of carbonyl (C=O) groups excluding carboxylic acids is 1. The van der Waals surface area contributed by atoms with E-state index in [4.69, 9.17) is 14.3 Å². The number of rotatable bonds is 3. The number of hydrogen-bond acceptors (Lipinski definition) is 2. The van der Waals surface area contributed by atoms with Gasteiger partial charge in [-0.3, -0.25) is 4.79 Å². The van der Waals surface area contributed by atoms with Gasteiger partial charge >= 0.3 is 5.97 Å².